The van der Waals surface area contributed by atoms with E-state index in [1.54, 1.807) is 6.08 Å². The smallest absolute Gasteiger partial charge is 0.462 e. The Kier molecular flexibility index (Phi) is 23.0. The number of phosphoric acid groups is 1. The first-order valence-electron chi connectivity index (χ1n) is 14.5. The molecule has 0 radical (unpaired) electrons. The van der Waals surface area contributed by atoms with Crippen LogP contribution in [0.25, 0.3) is 0 Å². The van der Waals surface area contributed by atoms with Crippen LogP contribution in [0.3, 0.4) is 0 Å². The fraction of sp³-hybridized carbons (Fsp3) is 0.613. The highest BCUT2D eigenvalue weighted by Crippen LogP contribution is 2.43. The first kappa shape index (κ1) is 38.7. The molecule has 0 rings (SSSR count). The molecule has 0 saturated carbocycles. The predicted octanol–water partition coefficient (Wildman–Crippen LogP) is 6.61. The maximum absolute atomic E-state index is 12.3. The van der Waals surface area contributed by atoms with Crippen molar-refractivity contribution in [1.82, 2.24) is 0 Å². The lowest BCUT2D eigenvalue weighted by Gasteiger charge is -2.24. The zero-order chi connectivity index (χ0) is 30.8. The van der Waals surface area contributed by atoms with Crippen molar-refractivity contribution >= 4 is 19.8 Å². The molecule has 0 aromatic carbocycles. The number of rotatable bonds is 24. The molecule has 41 heavy (non-hydrogen) atoms. The Labute approximate surface area is 247 Å². The minimum Gasteiger partial charge on any atom is -0.462 e. The van der Waals surface area contributed by atoms with Gasteiger partial charge in [0.15, 0.2) is 6.10 Å². The Balaban J connectivity index is 4.56. The summed E-state index contributed by atoms with van der Waals surface area (Å²) in [7, 11) is 1.40. The van der Waals surface area contributed by atoms with Crippen molar-refractivity contribution in [1.29, 1.82) is 0 Å². The van der Waals surface area contributed by atoms with Crippen LogP contribution in [0.4, 0.5) is 0 Å². The Morgan fingerprint density at radius 1 is 0.780 bits per heavy atom. The average molecular weight is 599 g/mol. The van der Waals surface area contributed by atoms with Crippen LogP contribution in [0.15, 0.2) is 60.8 Å². The molecule has 0 aliphatic heterocycles. The molecule has 0 aromatic heterocycles. The van der Waals surface area contributed by atoms with Crippen molar-refractivity contribution in [2.45, 2.75) is 77.7 Å². The molecular weight excluding hydrogens is 545 g/mol. The fourth-order valence-corrected chi connectivity index (χ4v) is 3.75. The van der Waals surface area contributed by atoms with E-state index in [0.717, 1.165) is 32.1 Å². The van der Waals surface area contributed by atoms with Crippen molar-refractivity contribution in [3.8, 4) is 0 Å². The standard InChI is InChI=1S/C31H52NO8P/c1-6-8-10-11-12-13-14-15-16-17-18-19-20-21-22-24-31(34)40-29(27-37-30(33)23-9-7-2)28-39-41(35,36)38-26-25-32(3,4)5/h8,10,12-13,15-16,18-19,21-22,29H,6-7,9,11,14,17,20,23-28H2,1-5H3/p+1/b10-8-,13-12-,16-15-,19-18-,22-21-. The van der Waals surface area contributed by atoms with Crippen LogP contribution in [0.1, 0.15) is 71.6 Å². The molecular formula is C31H53NO8P+. The first-order valence-corrected chi connectivity index (χ1v) is 16.0. The van der Waals surface area contributed by atoms with Gasteiger partial charge in [-0.25, -0.2) is 4.57 Å². The molecule has 1 N–H and O–H groups in total. The fourth-order valence-electron chi connectivity index (χ4n) is 3.00. The number of allylic oxidation sites excluding steroid dienone is 9. The number of esters is 2. The van der Waals surface area contributed by atoms with Gasteiger partial charge < -0.3 is 18.9 Å². The maximum Gasteiger partial charge on any atom is 0.472 e. The molecule has 0 saturated heterocycles. The minimum absolute atomic E-state index is 0.00455. The zero-order valence-corrected chi connectivity index (χ0v) is 26.6. The molecule has 234 valence electrons. The third kappa shape index (κ3) is 27.6. The summed E-state index contributed by atoms with van der Waals surface area (Å²) in [6.45, 7) is 3.86. The van der Waals surface area contributed by atoms with Gasteiger partial charge in [0.05, 0.1) is 34.2 Å². The summed E-state index contributed by atoms with van der Waals surface area (Å²) in [5, 5.41) is 0. The molecule has 0 aliphatic rings. The number of quaternary nitrogens is 1. The summed E-state index contributed by atoms with van der Waals surface area (Å²) in [6, 6.07) is 0. The van der Waals surface area contributed by atoms with Crippen molar-refractivity contribution < 1.29 is 42.1 Å². The minimum atomic E-state index is -4.37. The van der Waals surface area contributed by atoms with Crippen LogP contribution in [0.5, 0.6) is 0 Å². The van der Waals surface area contributed by atoms with Gasteiger partial charge >= 0.3 is 19.8 Å². The number of unbranched alkanes of at least 4 members (excludes halogenated alkanes) is 1. The van der Waals surface area contributed by atoms with Crippen LogP contribution in [-0.4, -0.2) is 74.9 Å². The Hall–Kier alpha value is -2.29. The maximum atomic E-state index is 12.3. The van der Waals surface area contributed by atoms with Crippen LogP contribution < -0.4 is 0 Å². The summed E-state index contributed by atoms with van der Waals surface area (Å²) in [6.07, 6.45) is 25.7. The van der Waals surface area contributed by atoms with E-state index in [2.05, 4.69) is 49.5 Å². The number of hydrogen-bond acceptors (Lipinski definition) is 7. The van der Waals surface area contributed by atoms with E-state index in [0.29, 0.717) is 23.9 Å². The highest BCUT2D eigenvalue weighted by Gasteiger charge is 2.26. The highest BCUT2D eigenvalue weighted by molar-refractivity contribution is 7.47. The first-order chi connectivity index (χ1) is 19.5. The van der Waals surface area contributed by atoms with Gasteiger partial charge in [0.25, 0.3) is 0 Å². The molecule has 2 unspecified atom stereocenters. The van der Waals surface area contributed by atoms with Gasteiger partial charge in [-0.2, -0.15) is 0 Å². The van der Waals surface area contributed by atoms with E-state index < -0.39 is 32.5 Å². The van der Waals surface area contributed by atoms with Crippen LogP contribution in [0, 0.1) is 0 Å². The summed E-state index contributed by atoms with van der Waals surface area (Å²) < 4.78 is 33.3. The summed E-state index contributed by atoms with van der Waals surface area (Å²) in [5.41, 5.74) is 0. The molecule has 0 spiro atoms. The van der Waals surface area contributed by atoms with Crippen molar-refractivity contribution in [2.75, 3.05) is 47.5 Å². The van der Waals surface area contributed by atoms with Crippen molar-refractivity contribution in [2.24, 2.45) is 0 Å². The largest absolute Gasteiger partial charge is 0.472 e. The van der Waals surface area contributed by atoms with E-state index in [4.69, 9.17) is 18.5 Å². The lowest BCUT2D eigenvalue weighted by atomic mass is 10.2. The normalized spacial score (nSPS) is 15.0. The van der Waals surface area contributed by atoms with Gasteiger partial charge in [0, 0.05) is 6.42 Å². The third-order valence-corrected chi connectivity index (χ3v) is 6.33. The molecule has 0 aliphatic carbocycles. The van der Waals surface area contributed by atoms with Crippen LogP contribution in [-0.2, 0) is 32.7 Å². The lowest BCUT2D eigenvalue weighted by Crippen LogP contribution is -2.37. The number of phosphoric ester groups is 1. The van der Waals surface area contributed by atoms with Crippen molar-refractivity contribution in [3.05, 3.63) is 60.8 Å². The van der Waals surface area contributed by atoms with E-state index in [1.807, 2.05) is 40.2 Å². The molecule has 9 nitrogen and oxygen atoms in total. The number of nitrogens with zero attached hydrogens (tertiary/aromatic N) is 1. The molecule has 0 amide bonds. The van der Waals surface area contributed by atoms with Gasteiger partial charge in [0.2, 0.25) is 0 Å². The molecule has 0 aromatic rings. The summed E-state index contributed by atoms with van der Waals surface area (Å²) in [4.78, 5) is 34.2. The molecule has 2 atom stereocenters. The molecule has 10 heteroatoms. The Morgan fingerprint density at radius 2 is 1.32 bits per heavy atom. The Morgan fingerprint density at radius 3 is 1.83 bits per heavy atom. The Bertz CT molecular complexity index is 902. The average Bonchev–Trinajstić information content (AvgIpc) is 2.90. The van der Waals surface area contributed by atoms with E-state index in [9.17, 15) is 19.0 Å². The second-order valence-corrected chi connectivity index (χ2v) is 11.9. The SMILES string of the molecule is CC/C=C\C/C=C\C/C=C\C/C=C\C/C=C\CC(=O)OC(COC(=O)CCCC)COP(=O)(O)OCC[N+](C)(C)C. The van der Waals surface area contributed by atoms with E-state index in [1.165, 1.54) is 0 Å². The third-order valence-electron chi connectivity index (χ3n) is 5.35. The topological polar surface area (TPSA) is 108 Å². The number of hydrogen-bond donors (Lipinski definition) is 1. The van der Waals surface area contributed by atoms with E-state index >= 15 is 0 Å². The quantitative estimate of drug-likeness (QED) is 0.0572. The second-order valence-electron chi connectivity index (χ2n) is 10.4. The van der Waals surface area contributed by atoms with Gasteiger partial charge in [0.1, 0.15) is 19.8 Å². The molecule has 0 heterocycles. The van der Waals surface area contributed by atoms with Gasteiger partial charge in [-0.15, -0.1) is 0 Å². The number of ether oxygens (including phenoxy) is 2. The summed E-state index contributed by atoms with van der Waals surface area (Å²) in [5.74, 6) is -1.000. The monoisotopic (exact) mass is 598 g/mol. The molecule has 0 bridgehead atoms. The van der Waals surface area contributed by atoms with Gasteiger partial charge in [-0.3, -0.25) is 18.6 Å². The van der Waals surface area contributed by atoms with Crippen molar-refractivity contribution in [3.63, 3.8) is 0 Å². The highest BCUT2D eigenvalue weighted by atomic mass is 31.2. The predicted molar refractivity (Wildman–Crippen MR) is 164 cm³/mol. The van der Waals surface area contributed by atoms with Crippen LogP contribution in [0.2, 0.25) is 0 Å². The zero-order valence-electron chi connectivity index (χ0n) is 25.7. The second kappa shape index (κ2) is 24.3. The van der Waals surface area contributed by atoms with Gasteiger partial charge in [-0.1, -0.05) is 81.0 Å². The number of likely N-dealkylation sites (N-methyl/N-ethyl adjacent to an activating group) is 1. The summed E-state index contributed by atoms with van der Waals surface area (Å²) >= 11 is 0. The lowest BCUT2D eigenvalue weighted by molar-refractivity contribution is -0.870. The number of carbonyl (C=O) groups excluding carboxylic acids is 2. The number of carbonyl (C=O) groups is 2. The van der Waals surface area contributed by atoms with Crippen LogP contribution >= 0.6 is 7.82 Å². The van der Waals surface area contributed by atoms with Gasteiger partial charge in [-0.05, 0) is 38.5 Å². The molecule has 0 fully saturated rings. The van der Waals surface area contributed by atoms with E-state index in [-0.39, 0.29) is 26.1 Å².